The minimum Gasteiger partial charge on any atom is -0.384 e. The van der Waals surface area contributed by atoms with Gasteiger partial charge >= 0.3 is 0 Å². The maximum Gasteiger partial charge on any atom is 0.107 e. The van der Waals surface area contributed by atoms with Gasteiger partial charge < -0.3 is 9.47 Å². The van der Waals surface area contributed by atoms with Crippen LogP contribution in [0.5, 0.6) is 0 Å². The zero-order valence-corrected chi connectivity index (χ0v) is 16.4. The molecule has 1 fully saturated rings. The highest BCUT2D eigenvalue weighted by Gasteiger charge is 2.46. The number of halogens is 2. The summed E-state index contributed by atoms with van der Waals surface area (Å²) in [6.07, 6.45) is 5.66. The van der Waals surface area contributed by atoms with E-state index >= 15 is 0 Å². The van der Waals surface area contributed by atoms with Crippen molar-refractivity contribution < 1.29 is 9.47 Å². The highest BCUT2D eigenvalue weighted by atomic mass is 35.5. The second-order valence-electron chi connectivity index (χ2n) is 7.59. The maximum absolute atomic E-state index is 6.03. The van der Waals surface area contributed by atoms with E-state index in [9.17, 15) is 0 Å². The van der Waals surface area contributed by atoms with Gasteiger partial charge in [0.1, 0.15) is 4.84 Å². The molecule has 0 aromatic carbocycles. The number of methoxy groups -OCH3 is 2. The Labute approximate surface area is 147 Å². The molecule has 22 heavy (non-hydrogen) atoms. The first-order valence-corrected chi connectivity index (χ1v) is 9.49. The van der Waals surface area contributed by atoms with Gasteiger partial charge in [-0.1, -0.05) is 27.2 Å². The fourth-order valence-electron chi connectivity index (χ4n) is 4.46. The third-order valence-corrected chi connectivity index (χ3v) is 5.97. The Morgan fingerprint density at radius 1 is 1.09 bits per heavy atom. The summed E-state index contributed by atoms with van der Waals surface area (Å²) in [5, 5.41) is 0. The fraction of sp³-hybridized carbons (Fsp3) is 1.00. The minimum atomic E-state index is -0.313. The van der Waals surface area contributed by atoms with Gasteiger partial charge in [0.05, 0.1) is 13.2 Å². The first-order valence-electron chi connectivity index (χ1n) is 8.62. The van der Waals surface area contributed by atoms with E-state index in [0.29, 0.717) is 11.8 Å². The third kappa shape index (κ3) is 5.54. The van der Waals surface area contributed by atoms with Crippen LogP contribution >= 0.6 is 23.2 Å². The highest BCUT2D eigenvalue weighted by molar-refractivity contribution is 6.44. The molecule has 1 aliphatic carbocycles. The molecule has 3 atom stereocenters. The van der Waals surface area contributed by atoms with Gasteiger partial charge in [-0.2, -0.15) is 0 Å². The molecule has 0 radical (unpaired) electrons. The zero-order valence-electron chi connectivity index (χ0n) is 14.9. The Bertz CT molecular complexity index is 301. The molecule has 0 aliphatic heterocycles. The first-order chi connectivity index (χ1) is 10.4. The number of hydrogen-bond donors (Lipinski definition) is 0. The molecule has 1 aliphatic rings. The lowest BCUT2D eigenvalue weighted by atomic mass is 9.58. The summed E-state index contributed by atoms with van der Waals surface area (Å²) in [5.41, 5.74) is 0.0230. The Kier molecular flexibility index (Phi) is 9.07. The normalized spacial score (nSPS) is 26.9. The first kappa shape index (κ1) is 20.5. The predicted octanol–water partition coefficient (Wildman–Crippen LogP) is 5.56. The molecule has 0 bridgehead atoms. The summed E-state index contributed by atoms with van der Waals surface area (Å²) >= 11 is 12.1. The fourth-order valence-corrected chi connectivity index (χ4v) is 4.68. The van der Waals surface area contributed by atoms with Crippen molar-refractivity contribution in [1.29, 1.82) is 0 Å². The summed E-state index contributed by atoms with van der Waals surface area (Å²) in [7, 11) is 3.58. The number of alkyl halides is 2. The summed E-state index contributed by atoms with van der Waals surface area (Å²) in [6, 6.07) is 0. The molecular formula is C18H34Cl2O2. The maximum atomic E-state index is 6.03. The SMILES string of the molecule is COCC(CCC(Cl)Cl)(COC)C1CC(C)CCC1C(C)C. The molecule has 0 spiro atoms. The Morgan fingerprint density at radius 3 is 2.14 bits per heavy atom. The van der Waals surface area contributed by atoms with E-state index in [0.717, 1.165) is 37.9 Å². The van der Waals surface area contributed by atoms with Gasteiger partial charge in [-0.3, -0.25) is 0 Å². The van der Waals surface area contributed by atoms with Crippen molar-refractivity contribution in [1.82, 2.24) is 0 Å². The molecule has 1 rings (SSSR count). The lowest BCUT2D eigenvalue weighted by Crippen LogP contribution is -2.46. The highest BCUT2D eigenvalue weighted by Crippen LogP contribution is 2.50. The van der Waals surface area contributed by atoms with E-state index in [4.69, 9.17) is 32.7 Å². The number of hydrogen-bond acceptors (Lipinski definition) is 2. The average Bonchev–Trinajstić information content (AvgIpc) is 2.44. The van der Waals surface area contributed by atoms with Crippen LogP contribution in [0.3, 0.4) is 0 Å². The smallest absolute Gasteiger partial charge is 0.107 e. The molecule has 132 valence electrons. The van der Waals surface area contributed by atoms with Gasteiger partial charge in [0.15, 0.2) is 0 Å². The molecule has 3 unspecified atom stereocenters. The molecule has 1 saturated carbocycles. The monoisotopic (exact) mass is 352 g/mol. The van der Waals surface area contributed by atoms with E-state index in [2.05, 4.69) is 20.8 Å². The van der Waals surface area contributed by atoms with Crippen molar-refractivity contribution in [3.8, 4) is 0 Å². The zero-order chi connectivity index (χ0) is 16.8. The van der Waals surface area contributed by atoms with Crippen LogP contribution in [0.15, 0.2) is 0 Å². The van der Waals surface area contributed by atoms with E-state index in [1.165, 1.54) is 19.3 Å². The lowest BCUT2D eigenvalue weighted by Gasteiger charge is -2.49. The van der Waals surface area contributed by atoms with Gasteiger partial charge in [0.2, 0.25) is 0 Å². The molecule has 2 nitrogen and oxygen atoms in total. The van der Waals surface area contributed by atoms with Crippen molar-refractivity contribution in [2.75, 3.05) is 27.4 Å². The van der Waals surface area contributed by atoms with Crippen LogP contribution < -0.4 is 0 Å². The topological polar surface area (TPSA) is 18.5 Å². The van der Waals surface area contributed by atoms with Crippen LogP contribution in [-0.4, -0.2) is 32.3 Å². The second kappa shape index (κ2) is 9.71. The molecule has 4 heteroatoms. The largest absolute Gasteiger partial charge is 0.384 e. The Balaban J connectivity index is 3.06. The van der Waals surface area contributed by atoms with Gasteiger partial charge in [-0.15, -0.1) is 23.2 Å². The molecule has 0 amide bonds. The molecular weight excluding hydrogens is 319 g/mol. The van der Waals surface area contributed by atoms with Crippen LogP contribution in [0.1, 0.15) is 52.9 Å². The van der Waals surface area contributed by atoms with Crippen LogP contribution in [0.4, 0.5) is 0 Å². The molecule has 0 heterocycles. The van der Waals surface area contributed by atoms with Crippen molar-refractivity contribution >= 4 is 23.2 Å². The number of ether oxygens (including phenoxy) is 2. The summed E-state index contributed by atoms with van der Waals surface area (Å²) < 4.78 is 11.3. The molecule has 0 saturated heterocycles. The molecule has 0 N–H and O–H groups in total. The van der Waals surface area contributed by atoms with Crippen molar-refractivity contribution in [2.24, 2.45) is 29.1 Å². The summed E-state index contributed by atoms with van der Waals surface area (Å²) in [4.78, 5) is -0.313. The van der Waals surface area contributed by atoms with Gasteiger partial charge in [-0.05, 0) is 49.4 Å². The summed E-state index contributed by atoms with van der Waals surface area (Å²) in [5.74, 6) is 2.80. The van der Waals surface area contributed by atoms with Crippen molar-refractivity contribution in [3.63, 3.8) is 0 Å². The van der Waals surface area contributed by atoms with E-state index < -0.39 is 0 Å². The standard InChI is InChI=1S/C18H34Cl2O2/c1-13(2)15-7-6-14(3)10-16(15)18(11-21-4,12-22-5)9-8-17(19)20/h13-17H,6-12H2,1-5H3. The van der Waals surface area contributed by atoms with Gasteiger partial charge in [-0.25, -0.2) is 0 Å². The van der Waals surface area contributed by atoms with Gasteiger partial charge in [0.25, 0.3) is 0 Å². The van der Waals surface area contributed by atoms with Crippen LogP contribution in [0.25, 0.3) is 0 Å². The number of rotatable bonds is 9. The van der Waals surface area contributed by atoms with Crippen molar-refractivity contribution in [3.05, 3.63) is 0 Å². The molecule has 0 aromatic rings. The van der Waals surface area contributed by atoms with Gasteiger partial charge in [0, 0.05) is 19.6 Å². The van der Waals surface area contributed by atoms with E-state index in [-0.39, 0.29) is 10.3 Å². The Morgan fingerprint density at radius 2 is 1.68 bits per heavy atom. The predicted molar refractivity (Wildman–Crippen MR) is 95.7 cm³/mol. The molecule has 0 aromatic heterocycles. The van der Waals surface area contributed by atoms with E-state index in [1.807, 2.05) is 0 Å². The second-order valence-corrected chi connectivity index (χ2v) is 8.87. The quantitative estimate of drug-likeness (QED) is 0.505. The van der Waals surface area contributed by atoms with Crippen LogP contribution in [-0.2, 0) is 9.47 Å². The lowest BCUT2D eigenvalue weighted by molar-refractivity contribution is -0.0803. The Hall–Kier alpha value is 0.500. The van der Waals surface area contributed by atoms with Crippen LogP contribution in [0.2, 0.25) is 0 Å². The van der Waals surface area contributed by atoms with Crippen LogP contribution in [0, 0.1) is 29.1 Å². The minimum absolute atomic E-state index is 0.0230. The van der Waals surface area contributed by atoms with E-state index in [1.54, 1.807) is 14.2 Å². The third-order valence-electron chi connectivity index (χ3n) is 5.53. The summed E-state index contributed by atoms with van der Waals surface area (Å²) in [6.45, 7) is 8.53. The van der Waals surface area contributed by atoms with Crippen molar-refractivity contribution in [2.45, 2.75) is 57.7 Å². The average molecular weight is 353 g/mol.